The van der Waals surface area contributed by atoms with Crippen LogP contribution in [0.15, 0.2) is 0 Å². The van der Waals surface area contributed by atoms with E-state index in [1.54, 1.807) is 0 Å². The Morgan fingerprint density at radius 3 is 1.90 bits per heavy atom. The second-order valence-electron chi connectivity index (χ2n) is 2.40. The van der Waals surface area contributed by atoms with E-state index in [4.69, 9.17) is 23.2 Å². The summed E-state index contributed by atoms with van der Waals surface area (Å²) in [5, 5.41) is -0.271. The third kappa shape index (κ3) is 1.41. The molecule has 0 heterocycles. The highest BCUT2D eigenvalue weighted by atomic mass is 35.5. The van der Waals surface area contributed by atoms with Crippen LogP contribution in [0.2, 0.25) is 0 Å². The summed E-state index contributed by atoms with van der Waals surface area (Å²) in [5.41, 5.74) is 0. The molecule has 5 heteroatoms. The van der Waals surface area contributed by atoms with E-state index >= 15 is 0 Å². The number of rotatable bonds is 2. The van der Waals surface area contributed by atoms with Gasteiger partial charge in [-0.25, -0.2) is 8.42 Å². The maximum atomic E-state index is 11.0. The third-order valence-electron chi connectivity index (χ3n) is 1.77. The van der Waals surface area contributed by atoms with Gasteiger partial charge in [-0.05, 0) is 12.8 Å². The highest BCUT2D eigenvalue weighted by Gasteiger charge is 2.35. The fourth-order valence-corrected chi connectivity index (χ4v) is 3.00. The van der Waals surface area contributed by atoms with Gasteiger partial charge in [0.25, 0.3) is 0 Å². The summed E-state index contributed by atoms with van der Waals surface area (Å²) >= 11 is 10.5. The summed E-state index contributed by atoms with van der Waals surface area (Å²) in [6.45, 7) is 0. The Balaban J connectivity index is 2.68. The van der Waals surface area contributed by atoms with E-state index in [0.717, 1.165) is 19.3 Å². The first-order chi connectivity index (χ1) is 4.55. The SMILES string of the molecule is O=S(=O)(C(Cl)Cl)C1CCC1. The molecule has 0 aromatic heterocycles. The molecule has 10 heavy (non-hydrogen) atoms. The first-order valence-electron chi connectivity index (χ1n) is 3.06. The molecule has 1 rings (SSSR count). The Bertz CT molecular complexity index is 206. The molecule has 1 aliphatic carbocycles. The lowest BCUT2D eigenvalue weighted by molar-refractivity contribution is 0.478. The van der Waals surface area contributed by atoms with Gasteiger partial charge >= 0.3 is 0 Å². The fraction of sp³-hybridized carbons (Fsp3) is 1.00. The van der Waals surface area contributed by atoms with Gasteiger partial charge in [0.2, 0.25) is 4.17 Å². The van der Waals surface area contributed by atoms with Gasteiger partial charge in [0.15, 0.2) is 9.84 Å². The van der Waals surface area contributed by atoms with E-state index in [9.17, 15) is 8.42 Å². The normalized spacial score (nSPS) is 21.1. The summed E-state index contributed by atoms with van der Waals surface area (Å²) in [4.78, 5) is 0. The lowest BCUT2D eigenvalue weighted by Crippen LogP contribution is -2.31. The van der Waals surface area contributed by atoms with Gasteiger partial charge in [-0.3, -0.25) is 0 Å². The molecule has 0 atom stereocenters. The van der Waals surface area contributed by atoms with Gasteiger partial charge in [-0.2, -0.15) is 0 Å². The van der Waals surface area contributed by atoms with E-state index in [0.29, 0.717) is 0 Å². The van der Waals surface area contributed by atoms with Gasteiger partial charge in [-0.15, -0.1) is 0 Å². The van der Waals surface area contributed by atoms with Gasteiger partial charge in [0.05, 0.1) is 5.25 Å². The Hall–Kier alpha value is 0.530. The molecular formula is C5H8Cl2O2S. The summed E-state index contributed by atoms with van der Waals surface area (Å²) < 4.78 is 20.9. The number of hydrogen-bond donors (Lipinski definition) is 0. The maximum Gasteiger partial charge on any atom is 0.208 e. The molecule has 1 fully saturated rings. The minimum absolute atomic E-state index is 0.271. The average molecular weight is 203 g/mol. The quantitative estimate of drug-likeness (QED) is 0.640. The molecule has 0 bridgehead atoms. The number of sulfone groups is 1. The molecule has 2 nitrogen and oxygen atoms in total. The molecule has 0 spiro atoms. The molecule has 1 aliphatic rings. The van der Waals surface area contributed by atoms with Crippen LogP contribution in [0.5, 0.6) is 0 Å². The largest absolute Gasteiger partial charge is 0.226 e. The smallest absolute Gasteiger partial charge is 0.208 e. The predicted molar refractivity (Wildman–Crippen MR) is 42.1 cm³/mol. The Morgan fingerprint density at radius 1 is 1.30 bits per heavy atom. The predicted octanol–water partition coefficient (Wildman–Crippen LogP) is 1.71. The second kappa shape index (κ2) is 2.88. The van der Waals surface area contributed by atoms with Crippen LogP contribution < -0.4 is 0 Å². The zero-order chi connectivity index (χ0) is 7.78. The second-order valence-corrected chi connectivity index (χ2v) is 6.33. The molecule has 0 unspecified atom stereocenters. The average Bonchev–Trinajstić information content (AvgIpc) is 1.57. The Morgan fingerprint density at radius 2 is 1.80 bits per heavy atom. The van der Waals surface area contributed by atoms with Crippen molar-refractivity contribution in [2.45, 2.75) is 28.7 Å². The minimum atomic E-state index is -3.21. The van der Waals surface area contributed by atoms with Crippen molar-refractivity contribution in [1.82, 2.24) is 0 Å². The van der Waals surface area contributed by atoms with E-state index in [-0.39, 0.29) is 5.25 Å². The number of hydrogen-bond acceptors (Lipinski definition) is 2. The maximum absolute atomic E-state index is 11.0. The minimum Gasteiger partial charge on any atom is -0.226 e. The fourth-order valence-electron chi connectivity index (χ4n) is 0.845. The Labute approximate surface area is 70.4 Å². The molecule has 0 aromatic carbocycles. The number of halogens is 2. The molecular weight excluding hydrogens is 195 g/mol. The van der Waals surface area contributed by atoms with Crippen molar-refractivity contribution < 1.29 is 8.42 Å². The van der Waals surface area contributed by atoms with Gasteiger partial charge in [-0.1, -0.05) is 29.6 Å². The van der Waals surface area contributed by atoms with Crippen LogP contribution in [-0.2, 0) is 9.84 Å². The molecule has 0 aliphatic heterocycles. The summed E-state index contributed by atoms with van der Waals surface area (Å²) in [6, 6.07) is 0. The van der Waals surface area contributed by atoms with Crippen molar-refractivity contribution in [3.8, 4) is 0 Å². The van der Waals surface area contributed by atoms with E-state index in [2.05, 4.69) is 0 Å². The molecule has 60 valence electrons. The number of alkyl halides is 2. The van der Waals surface area contributed by atoms with Crippen molar-refractivity contribution in [2.75, 3.05) is 0 Å². The van der Waals surface area contributed by atoms with Crippen LogP contribution in [0.4, 0.5) is 0 Å². The lowest BCUT2D eigenvalue weighted by Gasteiger charge is -2.25. The van der Waals surface area contributed by atoms with Crippen molar-refractivity contribution >= 4 is 33.0 Å². The Kier molecular flexibility index (Phi) is 2.48. The molecule has 0 saturated heterocycles. The highest BCUT2D eigenvalue weighted by molar-refractivity contribution is 7.95. The molecule has 0 radical (unpaired) electrons. The molecule has 0 N–H and O–H groups in total. The van der Waals surface area contributed by atoms with Crippen LogP contribution in [0.25, 0.3) is 0 Å². The summed E-state index contributed by atoms with van der Waals surface area (Å²) in [7, 11) is -3.21. The van der Waals surface area contributed by atoms with Crippen LogP contribution in [0, 0.1) is 0 Å². The van der Waals surface area contributed by atoms with E-state index < -0.39 is 14.0 Å². The first kappa shape index (κ1) is 8.62. The highest BCUT2D eigenvalue weighted by Crippen LogP contribution is 2.31. The third-order valence-corrected chi connectivity index (χ3v) is 5.15. The van der Waals surface area contributed by atoms with Crippen LogP contribution in [-0.4, -0.2) is 17.8 Å². The molecule has 0 amide bonds. The summed E-state index contributed by atoms with van der Waals surface area (Å²) in [5.74, 6) is 0. The molecule has 0 aromatic rings. The van der Waals surface area contributed by atoms with Crippen LogP contribution >= 0.6 is 23.2 Å². The zero-order valence-electron chi connectivity index (χ0n) is 5.26. The van der Waals surface area contributed by atoms with Crippen molar-refractivity contribution in [3.05, 3.63) is 0 Å². The monoisotopic (exact) mass is 202 g/mol. The van der Waals surface area contributed by atoms with Crippen molar-refractivity contribution in [2.24, 2.45) is 0 Å². The van der Waals surface area contributed by atoms with Gasteiger partial charge in [0, 0.05) is 0 Å². The topological polar surface area (TPSA) is 34.1 Å². The van der Waals surface area contributed by atoms with Gasteiger partial charge in [0.1, 0.15) is 0 Å². The van der Waals surface area contributed by atoms with Gasteiger partial charge < -0.3 is 0 Å². The van der Waals surface area contributed by atoms with E-state index in [1.807, 2.05) is 0 Å². The zero-order valence-corrected chi connectivity index (χ0v) is 7.59. The summed E-state index contributed by atoms with van der Waals surface area (Å²) in [6.07, 6.45) is 2.42. The first-order valence-corrected chi connectivity index (χ1v) is 5.54. The molecule has 1 saturated carbocycles. The lowest BCUT2D eigenvalue weighted by atomic mass is 10.0. The van der Waals surface area contributed by atoms with Crippen molar-refractivity contribution in [3.63, 3.8) is 0 Å². The standard InChI is InChI=1S/C5H8Cl2O2S/c6-5(7)10(8,9)4-2-1-3-4/h4-5H,1-3H2. The van der Waals surface area contributed by atoms with Crippen LogP contribution in [0.1, 0.15) is 19.3 Å². The van der Waals surface area contributed by atoms with Crippen LogP contribution in [0.3, 0.4) is 0 Å². The van der Waals surface area contributed by atoms with Crippen molar-refractivity contribution in [1.29, 1.82) is 0 Å². The van der Waals surface area contributed by atoms with E-state index in [1.165, 1.54) is 0 Å².